The predicted molar refractivity (Wildman–Crippen MR) is 84.1 cm³/mol. The summed E-state index contributed by atoms with van der Waals surface area (Å²) >= 11 is 6.05. The summed E-state index contributed by atoms with van der Waals surface area (Å²) in [4.78, 5) is 0. The van der Waals surface area contributed by atoms with Gasteiger partial charge in [-0.25, -0.2) is 0 Å². The Hall–Kier alpha value is -2.13. The highest BCUT2D eigenvalue weighted by molar-refractivity contribution is 6.30. The number of aliphatic hydroxyl groups is 2. The Morgan fingerprint density at radius 3 is 2.95 bits per heavy atom. The number of nitriles is 1. The molecule has 2 rings (SSSR count). The van der Waals surface area contributed by atoms with Gasteiger partial charge in [0.25, 0.3) is 0 Å². The minimum atomic E-state index is -0.847. The first kappa shape index (κ1) is 16.2. The van der Waals surface area contributed by atoms with Crippen molar-refractivity contribution >= 4 is 11.6 Å². The lowest BCUT2D eigenvalue weighted by atomic mass is 9.95. The van der Waals surface area contributed by atoms with Crippen molar-refractivity contribution in [2.75, 3.05) is 6.61 Å². The van der Waals surface area contributed by atoms with Gasteiger partial charge >= 0.3 is 0 Å². The minimum absolute atomic E-state index is 0.00581. The van der Waals surface area contributed by atoms with Gasteiger partial charge in [0.05, 0.1) is 31.5 Å². The van der Waals surface area contributed by atoms with Crippen molar-refractivity contribution < 1.29 is 10.2 Å². The second-order valence-corrected chi connectivity index (χ2v) is 5.32. The standard InChI is InChI=1S/C16H16ClN3O2/c1-11(8-18)6-16(22)14-3-2-13(17)7-15(14)12-9-19-20(10-12)4-5-21/h2-3,7,9-10,16,21-22H,1,4-6H2/t16-/m0/s1. The van der Waals surface area contributed by atoms with Crippen molar-refractivity contribution in [2.24, 2.45) is 0 Å². The molecule has 1 aromatic carbocycles. The Morgan fingerprint density at radius 1 is 1.50 bits per heavy atom. The summed E-state index contributed by atoms with van der Waals surface area (Å²) in [5.41, 5.74) is 2.50. The molecule has 0 aliphatic heterocycles. The number of halogens is 1. The van der Waals surface area contributed by atoms with Crippen LogP contribution in [0.15, 0.2) is 42.7 Å². The van der Waals surface area contributed by atoms with Crippen LogP contribution in [0.4, 0.5) is 0 Å². The lowest BCUT2D eigenvalue weighted by molar-refractivity contribution is 0.180. The van der Waals surface area contributed by atoms with Crippen LogP contribution in [0.1, 0.15) is 18.1 Å². The van der Waals surface area contributed by atoms with Crippen molar-refractivity contribution in [2.45, 2.75) is 19.1 Å². The molecular formula is C16H16ClN3O2. The number of benzene rings is 1. The Morgan fingerprint density at radius 2 is 2.27 bits per heavy atom. The van der Waals surface area contributed by atoms with Crippen LogP contribution in [0.5, 0.6) is 0 Å². The Bertz CT molecular complexity index is 718. The van der Waals surface area contributed by atoms with Gasteiger partial charge in [-0.05, 0) is 23.3 Å². The van der Waals surface area contributed by atoms with Gasteiger partial charge in [-0.1, -0.05) is 24.2 Å². The number of hydrogen-bond donors (Lipinski definition) is 2. The van der Waals surface area contributed by atoms with Crippen LogP contribution in [-0.2, 0) is 6.54 Å². The van der Waals surface area contributed by atoms with E-state index in [4.69, 9.17) is 22.0 Å². The average Bonchev–Trinajstić information content (AvgIpc) is 2.95. The van der Waals surface area contributed by atoms with Gasteiger partial charge in [0.2, 0.25) is 0 Å². The number of aliphatic hydroxyl groups excluding tert-OH is 2. The van der Waals surface area contributed by atoms with Crippen LogP contribution >= 0.6 is 11.6 Å². The first-order valence-corrected chi connectivity index (χ1v) is 7.12. The number of aromatic nitrogens is 2. The molecule has 0 aliphatic rings. The topological polar surface area (TPSA) is 82.1 Å². The molecule has 0 spiro atoms. The number of hydrogen-bond acceptors (Lipinski definition) is 4. The van der Waals surface area contributed by atoms with Crippen LogP contribution in [0.3, 0.4) is 0 Å². The second kappa shape index (κ2) is 7.23. The third-order valence-electron chi connectivity index (χ3n) is 3.25. The smallest absolute Gasteiger partial charge is 0.0941 e. The van der Waals surface area contributed by atoms with Gasteiger partial charge in [0.15, 0.2) is 0 Å². The van der Waals surface area contributed by atoms with Crippen LogP contribution in [0.25, 0.3) is 11.1 Å². The molecule has 0 saturated carbocycles. The molecule has 1 heterocycles. The molecular weight excluding hydrogens is 302 g/mol. The van der Waals surface area contributed by atoms with E-state index in [-0.39, 0.29) is 13.0 Å². The van der Waals surface area contributed by atoms with E-state index < -0.39 is 6.10 Å². The second-order valence-electron chi connectivity index (χ2n) is 4.88. The van der Waals surface area contributed by atoms with Gasteiger partial charge in [0.1, 0.15) is 0 Å². The molecule has 114 valence electrons. The summed E-state index contributed by atoms with van der Waals surface area (Å²) in [6.45, 7) is 3.98. The predicted octanol–water partition coefficient (Wildman–Crippen LogP) is 2.70. The van der Waals surface area contributed by atoms with E-state index in [2.05, 4.69) is 11.7 Å². The van der Waals surface area contributed by atoms with E-state index in [1.54, 1.807) is 35.3 Å². The third kappa shape index (κ3) is 3.74. The van der Waals surface area contributed by atoms with E-state index in [0.29, 0.717) is 22.7 Å². The highest BCUT2D eigenvalue weighted by Crippen LogP contribution is 2.33. The van der Waals surface area contributed by atoms with Crippen LogP contribution in [0.2, 0.25) is 5.02 Å². The molecule has 6 heteroatoms. The maximum absolute atomic E-state index is 10.3. The molecule has 2 N–H and O–H groups in total. The summed E-state index contributed by atoms with van der Waals surface area (Å²) in [5.74, 6) is 0. The monoisotopic (exact) mass is 317 g/mol. The fourth-order valence-corrected chi connectivity index (χ4v) is 2.36. The fraction of sp³-hybridized carbons (Fsp3) is 0.250. The molecule has 22 heavy (non-hydrogen) atoms. The van der Waals surface area contributed by atoms with Crippen LogP contribution < -0.4 is 0 Å². The van der Waals surface area contributed by atoms with Crippen LogP contribution in [0, 0.1) is 11.3 Å². The lowest BCUT2D eigenvalue weighted by Crippen LogP contribution is -2.02. The molecule has 0 unspecified atom stereocenters. The van der Waals surface area contributed by atoms with E-state index in [0.717, 1.165) is 11.1 Å². The largest absolute Gasteiger partial charge is 0.394 e. The molecule has 0 radical (unpaired) electrons. The summed E-state index contributed by atoms with van der Waals surface area (Å²) in [6.07, 6.45) is 2.74. The average molecular weight is 318 g/mol. The van der Waals surface area contributed by atoms with Crippen molar-refractivity contribution in [3.63, 3.8) is 0 Å². The van der Waals surface area contributed by atoms with Gasteiger partial charge in [-0.3, -0.25) is 4.68 Å². The van der Waals surface area contributed by atoms with E-state index in [9.17, 15) is 5.11 Å². The maximum Gasteiger partial charge on any atom is 0.0941 e. The van der Waals surface area contributed by atoms with Gasteiger partial charge in [0, 0.05) is 28.8 Å². The van der Waals surface area contributed by atoms with Crippen molar-refractivity contribution in [3.8, 4) is 17.2 Å². The minimum Gasteiger partial charge on any atom is -0.394 e. The zero-order chi connectivity index (χ0) is 16.1. The fourth-order valence-electron chi connectivity index (χ4n) is 2.19. The van der Waals surface area contributed by atoms with Crippen molar-refractivity contribution in [3.05, 3.63) is 53.3 Å². The maximum atomic E-state index is 10.3. The quantitative estimate of drug-likeness (QED) is 0.802. The van der Waals surface area contributed by atoms with Crippen LogP contribution in [-0.4, -0.2) is 26.6 Å². The molecule has 1 aromatic heterocycles. The summed E-state index contributed by atoms with van der Waals surface area (Å²) in [6, 6.07) is 7.10. The Balaban J connectivity index is 2.39. The molecule has 0 aliphatic carbocycles. The summed E-state index contributed by atoms with van der Waals surface area (Å²) in [7, 11) is 0. The number of rotatable bonds is 6. The molecule has 0 fully saturated rings. The number of nitrogens with zero attached hydrogens (tertiary/aromatic N) is 3. The first-order chi connectivity index (χ1) is 10.5. The van der Waals surface area contributed by atoms with Gasteiger partial charge < -0.3 is 10.2 Å². The Labute approximate surface area is 133 Å². The zero-order valence-corrected chi connectivity index (χ0v) is 12.7. The van der Waals surface area contributed by atoms with E-state index in [1.165, 1.54) is 0 Å². The van der Waals surface area contributed by atoms with Gasteiger partial charge in [-0.2, -0.15) is 10.4 Å². The van der Waals surface area contributed by atoms with Crippen molar-refractivity contribution in [1.82, 2.24) is 9.78 Å². The summed E-state index contributed by atoms with van der Waals surface area (Å²) in [5, 5.41) is 32.8. The van der Waals surface area contributed by atoms with Gasteiger partial charge in [-0.15, -0.1) is 0 Å². The third-order valence-corrected chi connectivity index (χ3v) is 3.48. The van der Waals surface area contributed by atoms with E-state index in [1.807, 2.05) is 6.07 Å². The highest BCUT2D eigenvalue weighted by Gasteiger charge is 2.16. The zero-order valence-electron chi connectivity index (χ0n) is 11.9. The Kier molecular flexibility index (Phi) is 5.34. The molecule has 0 saturated heterocycles. The molecule has 2 aromatic rings. The van der Waals surface area contributed by atoms with Crippen molar-refractivity contribution in [1.29, 1.82) is 5.26 Å². The normalized spacial score (nSPS) is 11.9. The molecule has 5 nitrogen and oxygen atoms in total. The highest BCUT2D eigenvalue weighted by atomic mass is 35.5. The molecule has 1 atom stereocenters. The summed E-state index contributed by atoms with van der Waals surface area (Å²) < 4.78 is 1.61. The lowest BCUT2D eigenvalue weighted by Gasteiger charge is -2.14. The van der Waals surface area contributed by atoms with E-state index >= 15 is 0 Å². The first-order valence-electron chi connectivity index (χ1n) is 6.74. The SMILES string of the molecule is C=C(C#N)C[C@H](O)c1ccc(Cl)cc1-c1cnn(CCO)c1. The molecule has 0 amide bonds. The molecule has 0 bridgehead atoms.